The first-order valence-electron chi connectivity index (χ1n) is 7.60. The predicted molar refractivity (Wildman–Crippen MR) is 91.3 cm³/mol. The molecule has 5 nitrogen and oxygen atoms in total. The van der Waals surface area contributed by atoms with E-state index in [1.807, 2.05) is 26.0 Å². The van der Waals surface area contributed by atoms with E-state index in [0.717, 1.165) is 5.56 Å². The summed E-state index contributed by atoms with van der Waals surface area (Å²) in [5.74, 6) is -0.312. The molecule has 0 aliphatic heterocycles. The van der Waals surface area contributed by atoms with E-state index in [2.05, 4.69) is 10.6 Å². The number of carbonyl (C=O) groups excluding carboxylic acids is 2. The quantitative estimate of drug-likeness (QED) is 0.862. The Morgan fingerprint density at radius 2 is 1.74 bits per heavy atom. The van der Waals surface area contributed by atoms with Crippen molar-refractivity contribution < 1.29 is 14.3 Å². The summed E-state index contributed by atoms with van der Waals surface area (Å²) in [4.78, 5) is 24.2. The van der Waals surface area contributed by atoms with Gasteiger partial charge in [0.15, 0.2) is 0 Å². The van der Waals surface area contributed by atoms with Gasteiger partial charge < -0.3 is 15.4 Å². The molecule has 23 heavy (non-hydrogen) atoms. The summed E-state index contributed by atoms with van der Waals surface area (Å²) in [6, 6.07) is 6.56. The third-order valence-electron chi connectivity index (χ3n) is 3.00. The van der Waals surface area contributed by atoms with Crippen LogP contribution in [-0.2, 0) is 16.1 Å². The maximum atomic E-state index is 12.3. The zero-order chi connectivity index (χ0) is 17.6. The highest BCUT2D eigenvalue weighted by Crippen LogP contribution is 2.11. The molecule has 0 heterocycles. The van der Waals surface area contributed by atoms with Gasteiger partial charge in [0, 0.05) is 11.6 Å². The van der Waals surface area contributed by atoms with Gasteiger partial charge in [-0.2, -0.15) is 0 Å². The Kier molecular flexibility index (Phi) is 6.88. The van der Waals surface area contributed by atoms with Crippen LogP contribution in [0.1, 0.15) is 40.2 Å². The lowest BCUT2D eigenvalue weighted by molar-refractivity contribution is -0.124. The van der Waals surface area contributed by atoms with E-state index in [-0.39, 0.29) is 11.8 Å². The van der Waals surface area contributed by atoms with Crippen LogP contribution in [0.4, 0.5) is 4.79 Å². The van der Waals surface area contributed by atoms with Gasteiger partial charge in [-0.25, -0.2) is 4.79 Å². The van der Waals surface area contributed by atoms with Gasteiger partial charge >= 0.3 is 6.09 Å². The summed E-state index contributed by atoms with van der Waals surface area (Å²) >= 11 is 5.83. The fourth-order valence-corrected chi connectivity index (χ4v) is 2.00. The molecule has 2 N–H and O–H groups in total. The minimum Gasteiger partial charge on any atom is -0.444 e. The largest absolute Gasteiger partial charge is 0.444 e. The number of ether oxygens (including phenoxy) is 1. The zero-order valence-electron chi connectivity index (χ0n) is 14.3. The molecule has 0 aliphatic rings. The highest BCUT2D eigenvalue weighted by Gasteiger charge is 2.26. The summed E-state index contributed by atoms with van der Waals surface area (Å²) in [6.07, 6.45) is -0.599. The van der Waals surface area contributed by atoms with Crippen LogP contribution in [0.2, 0.25) is 5.02 Å². The van der Waals surface area contributed by atoms with E-state index in [9.17, 15) is 9.59 Å². The fourth-order valence-electron chi connectivity index (χ4n) is 1.87. The Labute approximate surface area is 142 Å². The summed E-state index contributed by atoms with van der Waals surface area (Å²) in [7, 11) is 0. The lowest BCUT2D eigenvalue weighted by Crippen LogP contribution is -2.50. The van der Waals surface area contributed by atoms with Crippen LogP contribution in [0.5, 0.6) is 0 Å². The topological polar surface area (TPSA) is 67.4 Å². The van der Waals surface area contributed by atoms with Crippen molar-refractivity contribution in [3.05, 3.63) is 34.9 Å². The number of amides is 2. The van der Waals surface area contributed by atoms with E-state index in [4.69, 9.17) is 16.3 Å². The van der Waals surface area contributed by atoms with Gasteiger partial charge in [0.2, 0.25) is 5.91 Å². The molecule has 0 spiro atoms. The molecule has 1 atom stereocenters. The second kappa shape index (κ2) is 8.20. The van der Waals surface area contributed by atoms with Gasteiger partial charge in [0.05, 0.1) is 0 Å². The lowest BCUT2D eigenvalue weighted by Gasteiger charge is -2.25. The maximum absolute atomic E-state index is 12.3. The number of benzene rings is 1. The summed E-state index contributed by atoms with van der Waals surface area (Å²) in [5, 5.41) is 6.08. The number of halogens is 1. The molecule has 2 amide bonds. The average molecular weight is 341 g/mol. The third-order valence-corrected chi connectivity index (χ3v) is 3.25. The van der Waals surface area contributed by atoms with Gasteiger partial charge in [-0.15, -0.1) is 0 Å². The van der Waals surface area contributed by atoms with Crippen LogP contribution in [0.25, 0.3) is 0 Å². The molecule has 0 aromatic heterocycles. The summed E-state index contributed by atoms with van der Waals surface area (Å²) in [5.41, 5.74) is 0.327. The van der Waals surface area contributed by atoms with E-state index >= 15 is 0 Å². The molecule has 0 saturated heterocycles. The minimum absolute atomic E-state index is 0.0623. The molecule has 0 fully saturated rings. The highest BCUT2D eigenvalue weighted by molar-refractivity contribution is 6.30. The van der Waals surface area contributed by atoms with Gasteiger partial charge in [-0.3, -0.25) is 4.79 Å². The Hall–Kier alpha value is -1.75. The second-order valence-electron chi connectivity index (χ2n) is 6.71. The molecule has 0 aliphatic carbocycles. The van der Waals surface area contributed by atoms with Crippen molar-refractivity contribution in [1.82, 2.24) is 10.6 Å². The number of alkyl carbamates (subject to hydrolysis) is 1. The number of carbonyl (C=O) groups is 2. The molecule has 0 saturated carbocycles. The number of nitrogens with one attached hydrogen (secondary N) is 2. The molecular weight excluding hydrogens is 316 g/mol. The Bertz CT molecular complexity index is 536. The first-order chi connectivity index (χ1) is 10.6. The number of rotatable bonds is 5. The van der Waals surface area contributed by atoms with E-state index < -0.39 is 17.7 Å². The minimum atomic E-state index is -0.655. The van der Waals surface area contributed by atoms with E-state index in [1.54, 1.807) is 32.9 Å². The first kappa shape index (κ1) is 19.3. The predicted octanol–water partition coefficient (Wildman–Crippen LogP) is 3.51. The standard InChI is InChI=1S/C17H25ClN2O3/c1-11(2)14(20-16(22)23-17(3,4)5)15(21)19-10-12-6-8-13(18)9-7-12/h6-9,11,14H,10H2,1-5H3,(H,19,21)(H,20,22). The molecule has 1 aromatic carbocycles. The van der Waals surface area contributed by atoms with Gasteiger partial charge in [-0.1, -0.05) is 37.6 Å². The van der Waals surface area contributed by atoms with Crippen molar-refractivity contribution >= 4 is 23.6 Å². The normalized spacial score (nSPS) is 12.7. The fraction of sp³-hybridized carbons (Fsp3) is 0.529. The highest BCUT2D eigenvalue weighted by atomic mass is 35.5. The van der Waals surface area contributed by atoms with Crippen LogP contribution in [-0.4, -0.2) is 23.6 Å². The Morgan fingerprint density at radius 3 is 2.22 bits per heavy atom. The molecule has 1 rings (SSSR count). The molecular formula is C17H25ClN2O3. The van der Waals surface area contributed by atoms with Crippen molar-refractivity contribution in [2.24, 2.45) is 5.92 Å². The van der Waals surface area contributed by atoms with Crippen LogP contribution < -0.4 is 10.6 Å². The smallest absolute Gasteiger partial charge is 0.408 e. The summed E-state index contributed by atoms with van der Waals surface area (Å²) in [6.45, 7) is 9.43. The average Bonchev–Trinajstić information content (AvgIpc) is 2.41. The van der Waals surface area contributed by atoms with E-state index in [0.29, 0.717) is 11.6 Å². The maximum Gasteiger partial charge on any atom is 0.408 e. The van der Waals surface area contributed by atoms with Crippen molar-refractivity contribution in [1.29, 1.82) is 0 Å². The number of hydrogen-bond donors (Lipinski definition) is 2. The lowest BCUT2D eigenvalue weighted by atomic mass is 10.0. The van der Waals surface area contributed by atoms with Gasteiger partial charge in [0.25, 0.3) is 0 Å². The van der Waals surface area contributed by atoms with Crippen LogP contribution in [0.3, 0.4) is 0 Å². The van der Waals surface area contributed by atoms with Crippen molar-refractivity contribution in [2.75, 3.05) is 0 Å². The summed E-state index contributed by atoms with van der Waals surface area (Å²) < 4.78 is 5.20. The number of hydrogen-bond acceptors (Lipinski definition) is 3. The molecule has 0 bridgehead atoms. The van der Waals surface area contributed by atoms with Crippen LogP contribution in [0, 0.1) is 5.92 Å². The first-order valence-corrected chi connectivity index (χ1v) is 7.98. The van der Waals surface area contributed by atoms with Gasteiger partial charge in [-0.05, 0) is 44.4 Å². The van der Waals surface area contributed by atoms with Crippen molar-refractivity contribution in [2.45, 2.75) is 52.8 Å². The molecule has 6 heteroatoms. The monoisotopic (exact) mass is 340 g/mol. The van der Waals surface area contributed by atoms with E-state index in [1.165, 1.54) is 0 Å². The van der Waals surface area contributed by atoms with Crippen molar-refractivity contribution in [3.8, 4) is 0 Å². The Morgan fingerprint density at radius 1 is 1.17 bits per heavy atom. The Balaban J connectivity index is 2.60. The van der Waals surface area contributed by atoms with Crippen molar-refractivity contribution in [3.63, 3.8) is 0 Å². The SMILES string of the molecule is CC(C)C(NC(=O)OC(C)(C)C)C(=O)NCc1ccc(Cl)cc1. The third kappa shape index (κ3) is 7.37. The molecule has 1 unspecified atom stereocenters. The molecule has 128 valence electrons. The molecule has 0 radical (unpaired) electrons. The molecule has 1 aromatic rings. The zero-order valence-corrected chi connectivity index (χ0v) is 15.0. The van der Waals surface area contributed by atoms with Crippen LogP contribution in [0.15, 0.2) is 24.3 Å². The van der Waals surface area contributed by atoms with Crippen LogP contribution >= 0.6 is 11.6 Å². The van der Waals surface area contributed by atoms with Gasteiger partial charge in [0.1, 0.15) is 11.6 Å². The second-order valence-corrected chi connectivity index (χ2v) is 7.15.